The maximum Gasteiger partial charge on any atom is 0.161 e. The number of hydrogen-bond donors (Lipinski definition) is 2. The third kappa shape index (κ3) is 5.30. The van der Waals surface area contributed by atoms with Crippen LogP contribution in [0.25, 0.3) is 33.9 Å². The fourth-order valence-corrected chi connectivity index (χ4v) is 5.46. The summed E-state index contributed by atoms with van der Waals surface area (Å²) >= 11 is 0. The molecule has 206 valence electrons. The van der Waals surface area contributed by atoms with Crippen LogP contribution in [0.3, 0.4) is 0 Å². The van der Waals surface area contributed by atoms with Crippen molar-refractivity contribution in [2.45, 2.75) is 12.8 Å². The number of pyridine rings is 1. The van der Waals surface area contributed by atoms with Gasteiger partial charge in [0.1, 0.15) is 12.4 Å². The molecule has 2 aliphatic rings. The molecule has 9 heteroatoms. The number of likely N-dealkylation sites (N-methyl/N-ethyl adjacent to an activating group) is 1. The number of nitrogens with one attached hydrogen (secondary N) is 1. The third-order valence-corrected chi connectivity index (χ3v) is 7.81. The van der Waals surface area contributed by atoms with Gasteiger partial charge in [0.25, 0.3) is 0 Å². The molecule has 9 nitrogen and oxygen atoms in total. The number of fused-ring (bicyclic) bond motifs is 1. The molecule has 1 aliphatic carbocycles. The molecule has 1 saturated heterocycles. The zero-order chi connectivity index (χ0) is 27.5. The molecule has 4 aromatic rings. The minimum Gasteiger partial charge on any atom is -0.493 e. The number of piperazine rings is 1. The smallest absolute Gasteiger partial charge is 0.161 e. The molecule has 0 amide bonds. The van der Waals surface area contributed by atoms with Crippen molar-refractivity contribution in [1.29, 1.82) is 0 Å². The highest BCUT2D eigenvalue weighted by atomic mass is 16.5. The van der Waals surface area contributed by atoms with Crippen molar-refractivity contribution in [1.82, 2.24) is 24.8 Å². The zero-order valence-electron chi connectivity index (χ0n) is 22.9. The monoisotopic (exact) mass is 538 g/mol. The Balaban J connectivity index is 1.28. The van der Waals surface area contributed by atoms with Crippen LogP contribution in [0, 0.1) is 0 Å². The van der Waals surface area contributed by atoms with E-state index in [1.165, 1.54) is 0 Å². The summed E-state index contributed by atoms with van der Waals surface area (Å²) in [6, 6.07) is 16.1. The fraction of sp³-hybridized carbons (Fsp3) is 0.323. The van der Waals surface area contributed by atoms with E-state index in [1.54, 1.807) is 19.5 Å². The van der Waals surface area contributed by atoms with Crippen molar-refractivity contribution in [2.75, 3.05) is 53.5 Å². The second-order valence-electron chi connectivity index (χ2n) is 10.3. The Hall–Kier alpha value is -4.21. The Morgan fingerprint density at radius 2 is 1.73 bits per heavy atom. The third-order valence-electron chi connectivity index (χ3n) is 7.81. The predicted molar refractivity (Wildman–Crippen MR) is 155 cm³/mol. The molecule has 0 radical (unpaired) electrons. The number of nitrogens with zero attached hydrogens (tertiary/aromatic N) is 5. The lowest BCUT2D eigenvalue weighted by Crippen LogP contribution is -2.45. The Kier molecular flexibility index (Phi) is 7.48. The Labute approximate surface area is 234 Å². The van der Waals surface area contributed by atoms with E-state index < -0.39 is 0 Å². The zero-order valence-corrected chi connectivity index (χ0v) is 22.9. The molecule has 0 spiro atoms. The van der Waals surface area contributed by atoms with E-state index in [4.69, 9.17) is 14.5 Å². The number of methoxy groups -OCH3 is 1. The molecular weight excluding hydrogens is 504 g/mol. The van der Waals surface area contributed by atoms with E-state index in [1.807, 2.05) is 42.5 Å². The van der Waals surface area contributed by atoms with Gasteiger partial charge in [-0.05, 0) is 61.9 Å². The molecule has 3 heterocycles. The minimum absolute atomic E-state index is 0.609. The maximum absolute atomic E-state index is 9.34. The van der Waals surface area contributed by atoms with Gasteiger partial charge < -0.3 is 24.6 Å². The van der Waals surface area contributed by atoms with Crippen LogP contribution in [0.15, 0.2) is 66.1 Å². The Bertz CT molecular complexity index is 1510. The first-order valence-corrected chi connectivity index (χ1v) is 13.7. The second kappa shape index (κ2) is 11.5. The Morgan fingerprint density at radius 3 is 2.50 bits per heavy atom. The van der Waals surface area contributed by atoms with Crippen LogP contribution in [0.4, 0.5) is 0 Å². The first-order chi connectivity index (χ1) is 19.6. The number of aromatic nitrogens is 3. The first-order valence-electron chi connectivity index (χ1n) is 13.7. The normalized spacial score (nSPS) is 16.8. The van der Waals surface area contributed by atoms with Crippen LogP contribution in [-0.4, -0.2) is 89.2 Å². The van der Waals surface area contributed by atoms with Gasteiger partial charge in [0.2, 0.25) is 0 Å². The van der Waals surface area contributed by atoms with Gasteiger partial charge in [-0.3, -0.25) is 9.88 Å². The van der Waals surface area contributed by atoms with Gasteiger partial charge in [0, 0.05) is 67.4 Å². The van der Waals surface area contributed by atoms with Crippen LogP contribution in [0.1, 0.15) is 17.5 Å². The molecule has 2 aromatic carbocycles. The average molecular weight is 539 g/mol. The summed E-state index contributed by atoms with van der Waals surface area (Å²) in [5.74, 6) is 2.14. The first kappa shape index (κ1) is 26.0. The lowest BCUT2D eigenvalue weighted by Gasteiger charge is -2.32. The van der Waals surface area contributed by atoms with Crippen LogP contribution in [-0.2, 0) is 6.42 Å². The molecule has 1 aliphatic heterocycles. The van der Waals surface area contributed by atoms with Gasteiger partial charge in [0.05, 0.1) is 24.2 Å². The average Bonchev–Trinajstić information content (AvgIpc) is 3.63. The molecule has 40 heavy (non-hydrogen) atoms. The molecular formula is C31H34N6O3. The van der Waals surface area contributed by atoms with Crippen molar-refractivity contribution >= 4 is 5.71 Å². The maximum atomic E-state index is 9.34. The summed E-state index contributed by atoms with van der Waals surface area (Å²) in [7, 11) is 3.83. The van der Waals surface area contributed by atoms with E-state index in [0.717, 1.165) is 102 Å². The van der Waals surface area contributed by atoms with Crippen LogP contribution >= 0.6 is 0 Å². The van der Waals surface area contributed by atoms with Crippen LogP contribution in [0.2, 0.25) is 0 Å². The van der Waals surface area contributed by atoms with Crippen molar-refractivity contribution in [2.24, 2.45) is 5.16 Å². The molecule has 0 atom stereocenters. The fourth-order valence-electron chi connectivity index (χ4n) is 5.46. The quantitative estimate of drug-likeness (QED) is 0.251. The van der Waals surface area contributed by atoms with Gasteiger partial charge in [-0.2, -0.15) is 0 Å². The van der Waals surface area contributed by atoms with E-state index in [2.05, 4.69) is 38.0 Å². The second-order valence-corrected chi connectivity index (χ2v) is 10.3. The molecule has 0 bridgehead atoms. The number of aryl methyl sites for hydroxylation is 1. The molecule has 2 aromatic heterocycles. The van der Waals surface area contributed by atoms with E-state index in [0.29, 0.717) is 12.4 Å². The number of rotatable bonds is 8. The van der Waals surface area contributed by atoms with Gasteiger partial charge >= 0.3 is 0 Å². The number of benzene rings is 2. The standard InChI is InChI=1S/C31H34N6O3/c1-36-13-15-37(16-14-36)17-18-40-27-8-5-24(20-28(27)39-2)31-33-29(21-9-11-32-12-10-21)30(34-31)23-3-6-25-22(19-23)4-7-26(25)35-38/h3,5-6,8-12,19-20,38H,4,7,13-18H2,1-2H3,(H,33,34)/b35-26-. The molecule has 1 fully saturated rings. The number of aromatic amines is 1. The largest absolute Gasteiger partial charge is 0.493 e. The van der Waals surface area contributed by atoms with Crippen LogP contribution in [0.5, 0.6) is 11.5 Å². The van der Waals surface area contributed by atoms with Gasteiger partial charge in [-0.15, -0.1) is 0 Å². The number of oxime groups is 1. The van der Waals surface area contributed by atoms with Crippen molar-refractivity contribution in [3.63, 3.8) is 0 Å². The van der Waals surface area contributed by atoms with E-state index in [9.17, 15) is 5.21 Å². The van der Waals surface area contributed by atoms with Gasteiger partial charge in [0.15, 0.2) is 11.5 Å². The SMILES string of the molecule is COc1cc(-c2nc(-c3ccc4c(c3)CC/C4=N/O)c(-c3ccncc3)[nH]2)ccc1OCCN1CCN(C)CC1. The number of imidazole rings is 1. The highest BCUT2D eigenvalue weighted by Crippen LogP contribution is 2.37. The molecule has 2 N–H and O–H groups in total. The predicted octanol–water partition coefficient (Wildman–Crippen LogP) is 4.57. The highest BCUT2D eigenvalue weighted by molar-refractivity contribution is 6.04. The van der Waals surface area contributed by atoms with Crippen molar-refractivity contribution < 1.29 is 14.7 Å². The summed E-state index contributed by atoms with van der Waals surface area (Å²) in [4.78, 5) is 17.6. The van der Waals surface area contributed by atoms with Gasteiger partial charge in [-0.25, -0.2) is 4.98 Å². The molecule has 0 saturated carbocycles. The van der Waals surface area contributed by atoms with Crippen LogP contribution < -0.4 is 9.47 Å². The molecule has 0 unspecified atom stereocenters. The number of hydrogen-bond acceptors (Lipinski definition) is 8. The van der Waals surface area contributed by atoms with Crippen molar-refractivity contribution in [3.8, 4) is 45.4 Å². The molecule has 6 rings (SSSR count). The number of H-pyrrole nitrogens is 1. The summed E-state index contributed by atoms with van der Waals surface area (Å²) in [5.41, 5.74) is 7.57. The summed E-state index contributed by atoms with van der Waals surface area (Å²) in [5, 5.41) is 12.8. The topological polar surface area (TPSA) is 99.1 Å². The number of ether oxygens (including phenoxy) is 2. The lowest BCUT2D eigenvalue weighted by molar-refractivity contribution is 0.133. The Morgan fingerprint density at radius 1 is 0.925 bits per heavy atom. The highest BCUT2D eigenvalue weighted by Gasteiger charge is 2.22. The summed E-state index contributed by atoms with van der Waals surface area (Å²) in [6.45, 7) is 5.82. The van der Waals surface area contributed by atoms with E-state index in [-0.39, 0.29) is 0 Å². The van der Waals surface area contributed by atoms with Gasteiger partial charge in [-0.1, -0.05) is 17.3 Å². The summed E-state index contributed by atoms with van der Waals surface area (Å²) < 4.78 is 11.8. The minimum atomic E-state index is 0.609. The van der Waals surface area contributed by atoms with Crippen molar-refractivity contribution in [3.05, 3.63) is 72.1 Å². The van der Waals surface area contributed by atoms with E-state index >= 15 is 0 Å². The lowest BCUT2D eigenvalue weighted by atomic mass is 10.0. The summed E-state index contributed by atoms with van der Waals surface area (Å²) in [6.07, 6.45) is 5.15.